The van der Waals surface area contributed by atoms with Gasteiger partial charge in [0.15, 0.2) is 0 Å². The van der Waals surface area contributed by atoms with Crippen molar-refractivity contribution in [2.24, 2.45) is 5.92 Å². The second-order valence-electron chi connectivity index (χ2n) is 6.80. The van der Waals surface area contributed by atoms with Crippen LogP contribution in [-0.2, 0) is 4.79 Å². The van der Waals surface area contributed by atoms with Gasteiger partial charge in [-0.15, -0.1) is 0 Å². The summed E-state index contributed by atoms with van der Waals surface area (Å²) in [6.45, 7) is 10.7. The van der Waals surface area contributed by atoms with Gasteiger partial charge in [-0.05, 0) is 71.2 Å². The molecule has 1 fully saturated rings. The van der Waals surface area contributed by atoms with Gasteiger partial charge in [0.2, 0.25) is 5.91 Å². The lowest BCUT2D eigenvalue weighted by Gasteiger charge is -2.34. The Balaban J connectivity index is 1.77. The van der Waals surface area contributed by atoms with Crippen LogP contribution in [0.15, 0.2) is 18.3 Å². The summed E-state index contributed by atoms with van der Waals surface area (Å²) in [5.74, 6) is 0.689. The molecule has 1 aliphatic heterocycles. The van der Waals surface area contributed by atoms with Gasteiger partial charge < -0.3 is 10.2 Å². The normalized spacial score (nSPS) is 18.4. The summed E-state index contributed by atoms with van der Waals surface area (Å²) in [5, 5.41) is 3.10. The molecule has 0 spiro atoms. The van der Waals surface area contributed by atoms with E-state index in [4.69, 9.17) is 0 Å². The lowest BCUT2D eigenvalue weighted by atomic mass is 9.92. The maximum Gasteiger partial charge on any atom is 0.220 e. The highest BCUT2D eigenvalue weighted by Crippen LogP contribution is 2.22. The van der Waals surface area contributed by atoms with Crippen LogP contribution in [0.25, 0.3) is 0 Å². The standard InChI is InChI=1S/C18H29N3O/c1-13(2)21-9-7-16(8-10-21)11-18(22)20-15(4)17-6-5-14(3)19-12-17/h5-6,12-13,15-16H,7-11H2,1-4H3,(H,20,22)/t15-/m1/s1. The maximum absolute atomic E-state index is 12.2. The van der Waals surface area contributed by atoms with Crippen LogP contribution in [0.5, 0.6) is 0 Å². The minimum atomic E-state index is 0.0244. The number of aromatic nitrogens is 1. The Morgan fingerprint density at radius 3 is 2.55 bits per heavy atom. The Morgan fingerprint density at radius 1 is 1.32 bits per heavy atom. The summed E-state index contributed by atoms with van der Waals surface area (Å²) in [4.78, 5) is 19.0. The van der Waals surface area contributed by atoms with Gasteiger partial charge in [-0.1, -0.05) is 6.07 Å². The van der Waals surface area contributed by atoms with Crippen molar-refractivity contribution in [1.29, 1.82) is 0 Å². The molecule has 122 valence electrons. The predicted octanol–water partition coefficient (Wildman–Crippen LogP) is 3.08. The van der Waals surface area contributed by atoms with Crippen LogP contribution in [0.3, 0.4) is 0 Å². The summed E-state index contributed by atoms with van der Waals surface area (Å²) < 4.78 is 0. The molecule has 1 atom stereocenters. The van der Waals surface area contributed by atoms with Gasteiger partial charge in [0.1, 0.15) is 0 Å². The molecule has 1 saturated heterocycles. The fourth-order valence-electron chi connectivity index (χ4n) is 3.05. The number of aryl methyl sites for hydroxylation is 1. The number of rotatable bonds is 5. The summed E-state index contributed by atoms with van der Waals surface area (Å²) in [6, 6.07) is 4.66. The molecule has 0 saturated carbocycles. The van der Waals surface area contributed by atoms with Crippen molar-refractivity contribution in [1.82, 2.24) is 15.2 Å². The molecule has 1 aromatic rings. The average Bonchev–Trinajstić information content (AvgIpc) is 2.48. The van der Waals surface area contributed by atoms with E-state index in [0.29, 0.717) is 18.4 Å². The average molecular weight is 303 g/mol. The molecule has 1 aromatic heterocycles. The number of likely N-dealkylation sites (tertiary alicyclic amines) is 1. The molecule has 1 amide bonds. The first-order valence-electron chi connectivity index (χ1n) is 8.41. The molecule has 0 aliphatic carbocycles. The van der Waals surface area contributed by atoms with Crippen LogP contribution in [0, 0.1) is 12.8 Å². The Kier molecular flexibility index (Phi) is 5.95. The van der Waals surface area contributed by atoms with Crippen LogP contribution < -0.4 is 5.32 Å². The van der Waals surface area contributed by atoms with Crippen molar-refractivity contribution in [3.63, 3.8) is 0 Å². The second-order valence-corrected chi connectivity index (χ2v) is 6.80. The van der Waals surface area contributed by atoms with E-state index >= 15 is 0 Å². The lowest BCUT2D eigenvalue weighted by molar-refractivity contribution is -0.123. The molecule has 1 aliphatic rings. The molecule has 0 aromatic carbocycles. The van der Waals surface area contributed by atoms with E-state index in [9.17, 15) is 4.79 Å². The monoisotopic (exact) mass is 303 g/mol. The molecule has 4 nitrogen and oxygen atoms in total. The van der Waals surface area contributed by atoms with Crippen LogP contribution in [0.4, 0.5) is 0 Å². The van der Waals surface area contributed by atoms with Crippen molar-refractivity contribution in [3.05, 3.63) is 29.6 Å². The van der Waals surface area contributed by atoms with Crippen molar-refractivity contribution in [2.45, 2.75) is 59.0 Å². The molecule has 1 N–H and O–H groups in total. The topological polar surface area (TPSA) is 45.2 Å². The van der Waals surface area contributed by atoms with Crippen molar-refractivity contribution in [2.75, 3.05) is 13.1 Å². The smallest absolute Gasteiger partial charge is 0.220 e. The van der Waals surface area contributed by atoms with E-state index < -0.39 is 0 Å². The number of nitrogens with zero attached hydrogens (tertiary/aromatic N) is 2. The van der Waals surface area contributed by atoms with Gasteiger partial charge in [0, 0.05) is 24.4 Å². The Labute approximate surface area is 134 Å². The first kappa shape index (κ1) is 16.9. The van der Waals surface area contributed by atoms with E-state index in [1.54, 1.807) is 0 Å². The molecule has 4 heteroatoms. The number of pyridine rings is 1. The molecule has 0 unspecified atom stereocenters. The fraction of sp³-hybridized carbons (Fsp3) is 0.667. The number of nitrogens with one attached hydrogen (secondary N) is 1. The molecular formula is C18H29N3O. The summed E-state index contributed by atoms with van der Waals surface area (Å²) in [7, 11) is 0. The first-order valence-corrected chi connectivity index (χ1v) is 8.41. The van der Waals surface area contributed by atoms with Crippen molar-refractivity contribution < 1.29 is 4.79 Å². The molecular weight excluding hydrogens is 274 g/mol. The van der Waals surface area contributed by atoms with Gasteiger partial charge in [0.25, 0.3) is 0 Å². The molecule has 0 bridgehead atoms. The van der Waals surface area contributed by atoms with Crippen LogP contribution >= 0.6 is 0 Å². The minimum Gasteiger partial charge on any atom is -0.350 e. The first-order chi connectivity index (χ1) is 10.5. The van der Waals surface area contributed by atoms with Gasteiger partial charge in [-0.3, -0.25) is 9.78 Å². The fourth-order valence-corrected chi connectivity index (χ4v) is 3.05. The van der Waals surface area contributed by atoms with Crippen LogP contribution in [0.2, 0.25) is 0 Å². The van der Waals surface area contributed by atoms with E-state index in [-0.39, 0.29) is 11.9 Å². The molecule has 22 heavy (non-hydrogen) atoms. The van der Waals surface area contributed by atoms with E-state index in [1.165, 1.54) is 0 Å². The Hall–Kier alpha value is -1.42. The quantitative estimate of drug-likeness (QED) is 0.909. The molecule has 0 radical (unpaired) electrons. The lowest BCUT2D eigenvalue weighted by Crippen LogP contribution is -2.39. The van der Waals surface area contributed by atoms with Crippen LogP contribution in [-0.4, -0.2) is 34.9 Å². The second kappa shape index (κ2) is 7.73. The highest BCUT2D eigenvalue weighted by Gasteiger charge is 2.23. The zero-order chi connectivity index (χ0) is 16.1. The third-order valence-electron chi connectivity index (χ3n) is 4.67. The number of carbonyl (C=O) groups excluding carboxylic acids is 1. The largest absolute Gasteiger partial charge is 0.350 e. The number of carbonyl (C=O) groups is 1. The van der Waals surface area contributed by atoms with Crippen LogP contribution in [0.1, 0.15) is 57.3 Å². The number of piperidine rings is 1. The summed E-state index contributed by atoms with van der Waals surface area (Å²) in [5.41, 5.74) is 2.06. The van der Waals surface area contributed by atoms with Crippen molar-refractivity contribution in [3.8, 4) is 0 Å². The van der Waals surface area contributed by atoms with Gasteiger partial charge in [-0.25, -0.2) is 0 Å². The maximum atomic E-state index is 12.2. The van der Waals surface area contributed by atoms with E-state index in [1.807, 2.05) is 32.2 Å². The molecule has 2 heterocycles. The van der Waals surface area contributed by atoms with Crippen molar-refractivity contribution >= 4 is 5.91 Å². The number of amides is 1. The Morgan fingerprint density at radius 2 is 2.00 bits per heavy atom. The zero-order valence-electron chi connectivity index (χ0n) is 14.3. The van der Waals surface area contributed by atoms with E-state index in [0.717, 1.165) is 37.2 Å². The third kappa shape index (κ3) is 4.80. The number of hydrogen-bond donors (Lipinski definition) is 1. The highest BCUT2D eigenvalue weighted by atomic mass is 16.1. The SMILES string of the molecule is Cc1ccc([C@@H](C)NC(=O)CC2CCN(C(C)C)CC2)cn1. The molecule has 2 rings (SSSR count). The zero-order valence-corrected chi connectivity index (χ0v) is 14.3. The van der Waals surface area contributed by atoms with Gasteiger partial charge >= 0.3 is 0 Å². The Bertz CT molecular complexity index is 476. The predicted molar refractivity (Wildman–Crippen MR) is 89.6 cm³/mol. The van der Waals surface area contributed by atoms with E-state index in [2.05, 4.69) is 29.0 Å². The minimum absolute atomic E-state index is 0.0244. The highest BCUT2D eigenvalue weighted by molar-refractivity contribution is 5.76. The van der Waals surface area contributed by atoms with Gasteiger partial charge in [0.05, 0.1) is 6.04 Å². The van der Waals surface area contributed by atoms with Gasteiger partial charge in [-0.2, -0.15) is 0 Å². The third-order valence-corrected chi connectivity index (χ3v) is 4.67. The number of hydrogen-bond acceptors (Lipinski definition) is 3. The summed E-state index contributed by atoms with van der Waals surface area (Å²) in [6.07, 6.45) is 4.76. The summed E-state index contributed by atoms with van der Waals surface area (Å²) >= 11 is 0.